The predicted octanol–water partition coefficient (Wildman–Crippen LogP) is 2.03. The van der Waals surface area contributed by atoms with Gasteiger partial charge in [0.1, 0.15) is 27.6 Å². The number of carbonyl (C=O) groups excluding carboxylic acids is 1. The number of sulfone groups is 1. The van der Waals surface area contributed by atoms with Crippen LogP contribution < -0.4 is 5.73 Å². The minimum atomic E-state index is -3.70. The molecule has 0 amide bonds. The summed E-state index contributed by atoms with van der Waals surface area (Å²) in [4.78, 5) is 23.2. The van der Waals surface area contributed by atoms with E-state index >= 15 is 0 Å². The van der Waals surface area contributed by atoms with Crippen LogP contribution in [0.15, 0.2) is 41.5 Å². The van der Waals surface area contributed by atoms with Gasteiger partial charge in [0.2, 0.25) is 0 Å². The number of nitrogens with zero attached hydrogens (tertiary/aromatic N) is 3. The molecule has 170 valence electrons. The fourth-order valence-corrected chi connectivity index (χ4v) is 7.06. The normalized spacial score (nSPS) is 27.4. The van der Waals surface area contributed by atoms with E-state index in [1.807, 2.05) is 18.9 Å². The summed E-state index contributed by atoms with van der Waals surface area (Å²) in [5.74, 6) is -1.11. The van der Waals surface area contributed by atoms with Crippen molar-refractivity contribution in [3.05, 3.63) is 64.7 Å². The number of rotatable bonds is 4. The van der Waals surface area contributed by atoms with Gasteiger partial charge in [-0.05, 0) is 63.2 Å². The number of halogens is 1. The molecule has 0 radical (unpaired) electrons. The van der Waals surface area contributed by atoms with Crippen molar-refractivity contribution in [2.24, 2.45) is 10.7 Å². The first-order valence-electron chi connectivity index (χ1n) is 10.5. The average Bonchev–Trinajstić information content (AvgIpc) is 3.12. The zero-order valence-electron chi connectivity index (χ0n) is 18.4. The number of nitrogens with two attached hydrogens (primary N) is 1. The third kappa shape index (κ3) is 3.73. The second-order valence-corrected chi connectivity index (χ2v) is 11.4. The fraction of sp³-hybridized carbons (Fsp3) is 0.435. The highest BCUT2D eigenvalue weighted by molar-refractivity contribution is 7.93. The summed E-state index contributed by atoms with van der Waals surface area (Å²) < 4.78 is 40.4. The molecule has 1 spiro atoms. The molecule has 2 aromatic rings. The molecule has 0 aliphatic carbocycles. The molecule has 1 saturated heterocycles. The molecule has 32 heavy (non-hydrogen) atoms. The summed E-state index contributed by atoms with van der Waals surface area (Å²) in [5.41, 5.74) is 6.81. The van der Waals surface area contributed by atoms with Gasteiger partial charge in [-0.2, -0.15) is 0 Å². The van der Waals surface area contributed by atoms with Crippen molar-refractivity contribution in [3.63, 3.8) is 0 Å². The summed E-state index contributed by atoms with van der Waals surface area (Å²) >= 11 is 0. The van der Waals surface area contributed by atoms with E-state index in [1.165, 1.54) is 18.2 Å². The Labute approximate surface area is 187 Å². The Balaban J connectivity index is 1.69. The Bertz CT molecular complexity index is 1210. The van der Waals surface area contributed by atoms with Gasteiger partial charge in [0.15, 0.2) is 15.6 Å². The number of hydrogen-bond donors (Lipinski definition) is 1. The molecule has 1 unspecified atom stereocenters. The Morgan fingerprint density at radius 1 is 1.28 bits per heavy atom. The summed E-state index contributed by atoms with van der Waals surface area (Å²) in [6.45, 7) is 4.34. The topological polar surface area (TPSA) is 106 Å². The van der Waals surface area contributed by atoms with Gasteiger partial charge in [0, 0.05) is 24.7 Å². The first kappa shape index (κ1) is 22.5. The lowest BCUT2D eigenvalue weighted by molar-refractivity contribution is 0.0988. The number of aliphatic imine (C=N–C) groups is 1. The third-order valence-electron chi connectivity index (χ3n) is 6.50. The molecule has 2 aliphatic rings. The van der Waals surface area contributed by atoms with Gasteiger partial charge in [-0.1, -0.05) is 12.1 Å². The quantitative estimate of drug-likeness (QED) is 0.703. The molecule has 1 aromatic heterocycles. The highest BCUT2D eigenvalue weighted by Gasteiger charge is 2.57. The van der Waals surface area contributed by atoms with E-state index < -0.39 is 25.9 Å². The van der Waals surface area contributed by atoms with Crippen molar-refractivity contribution in [2.75, 3.05) is 25.9 Å². The SMILES string of the molecule is Cc1ccc(C(=O)Cc2ccc(F)c([C@]3(C)CS(=O)(=O)C4(CCN(C)C4)C(N)=N3)c2)nc1. The van der Waals surface area contributed by atoms with Crippen LogP contribution in [-0.4, -0.2) is 60.6 Å². The lowest BCUT2D eigenvalue weighted by atomic mass is 9.90. The van der Waals surface area contributed by atoms with Gasteiger partial charge in [-0.25, -0.2) is 12.8 Å². The molecule has 7 nitrogen and oxygen atoms in total. The number of amidine groups is 1. The van der Waals surface area contributed by atoms with E-state index in [0.717, 1.165) is 5.56 Å². The van der Waals surface area contributed by atoms with E-state index in [4.69, 9.17) is 5.73 Å². The van der Waals surface area contributed by atoms with E-state index in [-0.39, 0.29) is 35.9 Å². The Kier molecular flexibility index (Phi) is 5.45. The number of hydrogen-bond acceptors (Lipinski definition) is 7. The van der Waals surface area contributed by atoms with Crippen molar-refractivity contribution in [2.45, 2.75) is 37.0 Å². The minimum absolute atomic E-state index is 0.0140. The van der Waals surface area contributed by atoms with Crippen LogP contribution in [0.4, 0.5) is 4.39 Å². The van der Waals surface area contributed by atoms with Crippen LogP contribution in [0.25, 0.3) is 0 Å². The third-order valence-corrected chi connectivity index (χ3v) is 9.17. The first-order chi connectivity index (χ1) is 15.0. The number of aromatic nitrogens is 1. The monoisotopic (exact) mass is 458 g/mol. The lowest BCUT2D eigenvalue weighted by Crippen LogP contribution is -2.59. The van der Waals surface area contributed by atoms with Gasteiger partial charge in [0.05, 0.1) is 5.75 Å². The fourth-order valence-electron chi connectivity index (χ4n) is 4.64. The van der Waals surface area contributed by atoms with Crippen molar-refractivity contribution < 1.29 is 17.6 Å². The smallest absolute Gasteiger partial charge is 0.185 e. The van der Waals surface area contributed by atoms with Gasteiger partial charge in [-0.15, -0.1) is 0 Å². The summed E-state index contributed by atoms with van der Waals surface area (Å²) in [5, 5.41) is 0. The van der Waals surface area contributed by atoms with E-state index in [1.54, 1.807) is 25.3 Å². The van der Waals surface area contributed by atoms with Crippen LogP contribution in [0.1, 0.15) is 40.5 Å². The molecule has 0 bridgehead atoms. The maximum atomic E-state index is 14.9. The Morgan fingerprint density at radius 2 is 2.03 bits per heavy atom. The van der Waals surface area contributed by atoms with Crippen LogP contribution in [0, 0.1) is 12.7 Å². The number of benzene rings is 1. The molecular formula is C23H27FN4O3S. The standard InChI is InChI=1S/C23H27FN4O3S/c1-15-4-7-19(26-12-15)20(29)11-16-5-6-18(24)17(10-16)22(2)14-32(30,31)23(21(25)27-22)8-9-28(3)13-23/h4-7,10,12H,8-9,11,13-14H2,1-3H3,(H2,25,27)/t22-,23?/m0/s1. The Hall–Kier alpha value is -2.65. The van der Waals surface area contributed by atoms with Crippen LogP contribution in [-0.2, 0) is 21.8 Å². The molecule has 1 fully saturated rings. The summed E-state index contributed by atoms with van der Waals surface area (Å²) in [7, 11) is -1.86. The van der Waals surface area contributed by atoms with Crippen molar-refractivity contribution in [1.29, 1.82) is 0 Å². The molecule has 2 N–H and O–H groups in total. The Morgan fingerprint density at radius 3 is 2.62 bits per heavy atom. The van der Waals surface area contributed by atoms with E-state index in [0.29, 0.717) is 24.2 Å². The van der Waals surface area contributed by atoms with Crippen molar-refractivity contribution in [1.82, 2.24) is 9.88 Å². The maximum absolute atomic E-state index is 14.9. The van der Waals surface area contributed by atoms with Crippen LogP contribution in [0.5, 0.6) is 0 Å². The van der Waals surface area contributed by atoms with Gasteiger partial charge >= 0.3 is 0 Å². The first-order valence-corrected chi connectivity index (χ1v) is 12.1. The number of ketones is 1. The second-order valence-electron chi connectivity index (χ2n) is 9.15. The summed E-state index contributed by atoms with van der Waals surface area (Å²) in [6.07, 6.45) is 2.00. The second kappa shape index (κ2) is 7.74. The zero-order chi connectivity index (χ0) is 23.3. The molecule has 9 heteroatoms. The minimum Gasteiger partial charge on any atom is -0.386 e. The zero-order valence-corrected chi connectivity index (χ0v) is 19.2. The van der Waals surface area contributed by atoms with Crippen molar-refractivity contribution >= 4 is 21.5 Å². The van der Waals surface area contributed by atoms with E-state index in [2.05, 4.69) is 9.98 Å². The molecule has 1 aromatic carbocycles. The van der Waals surface area contributed by atoms with Gasteiger partial charge < -0.3 is 10.6 Å². The number of carbonyl (C=O) groups is 1. The van der Waals surface area contributed by atoms with Gasteiger partial charge in [0.25, 0.3) is 0 Å². The number of aryl methyl sites for hydroxylation is 1. The highest BCUT2D eigenvalue weighted by atomic mass is 32.2. The maximum Gasteiger partial charge on any atom is 0.185 e. The predicted molar refractivity (Wildman–Crippen MR) is 121 cm³/mol. The number of Topliss-reactive ketones (excluding diaryl/α,β-unsaturated/α-hetero) is 1. The molecular weight excluding hydrogens is 431 g/mol. The number of pyridine rings is 1. The lowest BCUT2D eigenvalue weighted by Gasteiger charge is -2.39. The average molecular weight is 459 g/mol. The van der Waals surface area contributed by atoms with Crippen LogP contribution >= 0.6 is 0 Å². The highest BCUT2D eigenvalue weighted by Crippen LogP contribution is 2.41. The van der Waals surface area contributed by atoms with Crippen LogP contribution in [0.3, 0.4) is 0 Å². The molecule has 0 saturated carbocycles. The van der Waals surface area contributed by atoms with Gasteiger partial charge in [-0.3, -0.25) is 14.8 Å². The molecule has 2 atom stereocenters. The largest absolute Gasteiger partial charge is 0.386 e. The molecule has 2 aliphatic heterocycles. The van der Waals surface area contributed by atoms with Crippen LogP contribution in [0.2, 0.25) is 0 Å². The van der Waals surface area contributed by atoms with E-state index in [9.17, 15) is 17.6 Å². The van der Waals surface area contributed by atoms with Crippen molar-refractivity contribution in [3.8, 4) is 0 Å². The molecule has 3 heterocycles. The molecule has 4 rings (SSSR count). The summed E-state index contributed by atoms with van der Waals surface area (Å²) in [6, 6.07) is 7.74. The number of likely N-dealkylation sites (tertiary alicyclic amines) is 1.